The van der Waals surface area contributed by atoms with Crippen molar-refractivity contribution in [3.63, 3.8) is 0 Å². The normalized spacial score (nSPS) is 13.6. The third kappa shape index (κ3) is 4.72. The summed E-state index contributed by atoms with van der Waals surface area (Å²) >= 11 is 0. The van der Waals surface area contributed by atoms with E-state index in [0.29, 0.717) is 19.8 Å². The van der Waals surface area contributed by atoms with E-state index in [4.69, 9.17) is 15.2 Å². The first kappa shape index (κ1) is 18.0. The molecule has 1 aromatic rings. The fraction of sp³-hybridized carbons (Fsp3) is 0.615. The molecule has 0 bridgehead atoms. The predicted octanol–water partition coefficient (Wildman–Crippen LogP) is 0.212. The van der Waals surface area contributed by atoms with Crippen LogP contribution >= 0.6 is 0 Å². The number of pyridine rings is 1. The molecule has 1 rings (SSSR count). The van der Waals surface area contributed by atoms with Gasteiger partial charge in [-0.3, -0.25) is 0 Å². The molecule has 0 saturated heterocycles. The minimum Gasteiger partial charge on any atom is -0.383 e. The Labute approximate surface area is 126 Å². The zero-order valence-electron chi connectivity index (χ0n) is 12.7. The molecule has 1 unspecified atom stereocenters. The predicted molar refractivity (Wildman–Crippen MR) is 79.2 cm³/mol. The maximum atomic E-state index is 12.7. The van der Waals surface area contributed by atoms with Gasteiger partial charge in [0.25, 0.3) is 10.0 Å². The van der Waals surface area contributed by atoms with E-state index in [1.54, 1.807) is 13.0 Å². The molecule has 0 aliphatic carbocycles. The number of sulfonamides is 1. The Morgan fingerprint density at radius 3 is 2.52 bits per heavy atom. The lowest BCUT2D eigenvalue weighted by molar-refractivity contribution is 0.119. The van der Waals surface area contributed by atoms with E-state index in [0.717, 1.165) is 5.56 Å². The van der Waals surface area contributed by atoms with Crippen LogP contribution in [0.3, 0.4) is 0 Å². The second kappa shape index (κ2) is 8.40. The maximum Gasteiger partial charge on any atom is 0.260 e. The molecule has 0 fully saturated rings. The Hall–Kier alpha value is -1.06. The average molecular weight is 317 g/mol. The monoisotopic (exact) mass is 317 g/mol. The molecule has 8 heteroatoms. The number of methoxy groups -OCH3 is 2. The van der Waals surface area contributed by atoms with E-state index in [2.05, 4.69) is 4.98 Å². The Balaban J connectivity index is 3.06. The first-order chi connectivity index (χ1) is 9.97. The van der Waals surface area contributed by atoms with Gasteiger partial charge in [-0.05, 0) is 18.6 Å². The van der Waals surface area contributed by atoms with Crippen molar-refractivity contribution in [2.45, 2.75) is 24.5 Å². The molecule has 2 N–H and O–H groups in total. The van der Waals surface area contributed by atoms with Gasteiger partial charge in [-0.25, -0.2) is 13.4 Å². The fourth-order valence-electron chi connectivity index (χ4n) is 1.89. The van der Waals surface area contributed by atoms with Gasteiger partial charge < -0.3 is 15.2 Å². The quantitative estimate of drug-likeness (QED) is 0.700. The molecule has 0 aliphatic heterocycles. The van der Waals surface area contributed by atoms with E-state index in [9.17, 15) is 8.42 Å². The average Bonchev–Trinajstić information content (AvgIpc) is 2.47. The Bertz CT molecular complexity index is 519. The number of ether oxygens (including phenoxy) is 2. The molecule has 0 radical (unpaired) electrons. The van der Waals surface area contributed by atoms with Crippen molar-refractivity contribution in [3.8, 4) is 0 Å². The minimum atomic E-state index is -3.70. The highest BCUT2D eigenvalue weighted by Crippen LogP contribution is 2.16. The second-order valence-corrected chi connectivity index (χ2v) is 6.46. The summed E-state index contributed by atoms with van der Waals surface area (Å²) in [5, 5.41) is -0.00115. The van der Waals surface area contributed by atoms with Crippen LogP contribution in [0.25, 0.3) is 0 Å². The van der Waals surface area contributed by atoms with Crippen LogP contribution in [0.5, 0.6) is 0 Å². The highest BCUT2D eigenvalue weighted by atomic mass is 32.2. The van der Waals surface area contributed by atoms with Crippen molar-refractivity contribution in [1.82, 2.24) is 9.29 Å². The molecular weight excluding hydrogens is 294 g/mol. The SMILES string of the molecule is COCCN(C(C)COC)S(=O)(=O)c1ccc(CN)cn1. The van der Waals surface area contributed by atoms with Crippen LogP contribution in [0.2, 0.25) is 0 Å². The smallest absolute Gasteiger partial charge is 0.260 e. The molecule has 1 aromatic heterocycles. The van der Waals surface area contributed by atoms with Crippen molar-refractivity contribution in [3.05, 3.63) is 23.9 Å². The van der Waals surface area contributed by atoms with Gasteiger partial charge in [-0.1, -0.05) is 6.07 Å². The van der Waals surface area contributed by atoms with Crippen LogP contribution in [0, 0.1) is 0 Å². The highest BCUT2D eigenvalue weighted by Gasteiger charge is 2.29. The summed E-state index contributed by atoms with van der Waals surface area (Å²) < 4.78 is 36.7. The molecule has 0 aliphatic rings. The summed E-state index contributed by atoms with van der Waals surface area (Å²) in [6.07, 6.45) is 1.47. The van der Waals surface area contributed by atoms with Crippen LogP contribution in [-0.2, 0) is 26.0 Å². The molecular formula is C13H23N3O4S. The van der Waals surface area contributed by atoms with Crippen LogP contribution in [-0.4, -0.2) is 57.7 Å². The lowest BCUT2D eigenvalue weighted by atomic mass is 10.3. The zero-order valence-corrected chi connectivity index (χ0v) is 13.5. The topological polar surface area (TPSA) is 94.8 Å². The molecule has 7 nitrogen and oxygen atoms in total. The summed E-state index contributed by atoms with van der Waals surface area (Å²) in [6, 6.07) is 2.82. The molecule has 0 saturated carbocycles. The van der Waals surface area contributed by atoms with Gasteiger partial charge in [0.05, 0.1) is 13.2 Å². The molecule has 1 atom stereocenters. The van der Waals surface area contributed by atoms with Crippen LogP contribution in [0.15, 0.2) is 23.4 Å². The first-order valence-corrected chi connectivity index (χ1v) is 8.06. The molecule has 0 aromatic carbocycles. The number of hydrogen-bond acceptors (Lipinski definition) is 6. The van der Waals surface area contributed by atoms with Crippen LogP contribution < -0.4 is 5.73 Å². The standard InChI is InChI=1S/C13H23N3O4S/c1-11(10-20-3)16(6-7-19-2)21(17,18)13-5-4-12(8-14)9-15-13/h4-5,9,11H,6-8,10,14H2,1-3H3. The number of hydrogen-bond donors (Lipinski definition) is 1. The van der Waals surface area contributed by atoms with Gasteiger partial charge in [-0.2, -0.15) is 4.31 Å². The van der Waals surface area contributed by atoms with E-state index in [1.807, 2.05) is 0 Å². The first-order valence-electron chi connectivity index (χ1n) is 6.62. The summed E-state index contributed by atoms with van der Waals surface area (Å²) in [6.45, 7) is 2.94. The summed E-state index contributed by atoms with van der Waals surface area (Å²) in [5.41, 5.74) is 6.27. The lowest BCUT2D eigenvalue weighted by Crippen LogP contribution is -2.43. The summed E-state index contributed by atoms with van der Waals surface area (Å²) in [4.78, 5) is 4.00. The van der Waals surface area contributed by atoms with E-state index < -0.39 is 10.0 Å². The molecule has 0 amide bonds. The number of nitrogens with two attached hydrogens (primary N) is 1. The highest BCUT2D eigenvalue weighted by molar-refractivity contribution is 7.89. The maximum absolute atomic E-state index is 12.7. The van der Waals surface area contributed by atoms with Crippen LogP contribution in [0.1, 0.15) is 12.5 Å². The molecule has 1 heterocycles. The minimum absolute atomic E-state index is 0.00115. The summed E-state index contributed by atoms with van der Waals surface area (Å²) in [5.74, 6) is 0. The van der Waals surface area contributed by atoms with Crippen molar-refractivity contribution in [2.75, 3.05) is 34.0 Å². The van der Waals surface area contributed by atoms with Crippen molar-refractivity contribution < 1.29 is 17.9 Å². The molecule has 120 valence electrons. The van der Waals surface area contributed by atoms with E-state index >= 15 is 0 Å². The van der Waals surface area contributed by atoms with Gasteiger partial charge >= 0.3 is 0 Å². The van der Waals surface area contributed by atoms with Crippen LogP contribution in [0.4, 0.5) is 0 Å². The van der Waals surface area contributed by atoms with E-state index in [-0.39, 0.29) is 17.6 Å². The molecule has 21 heavy (non-hydrogen) atoms. The third-order valence-electron chi connectivity index (χ3n) is 3.02. The Kier molecular flexibility index (Phi) is 7.20. The summed E-state index contributed by atoms with van der Waals surface area (Å²) in [7, 11) is -0.637. The van der Waals surface area contributed by atoms with Gasteiger partial charge in [0.15, 0.2) is 5.03 Å². The third-order valence-corrected chi connectivity index (χ3v) is 4.95. The van der Waals surface area contributed by atoms with Gasteiger partial charge in [0, 0.05) is 39.5 Å². The number of nitrogens with zero attached hydrogens (tertiary/aromatic N) is 2. The Morgan fingerprint density at radius 2 is 2.05 bits per heavy atom. The van der Waals surface area contributed by atoms with Crippen molar-refractivity contribution >= 4 is 10.0 Å². The lowest BCUT2D eigenvalue weighted by Gasteiger charge is -2.27. The number of rotatable bonds is 9. The van der Waals surface area contributed by atoms with Gasteiger partial charge in [0.1, 0.15) is 0 Å². The van der Waals surface area contributed by atoms with Gasteiger partial charge in [0.2, 0.25) is 0 Å². The fourth-order valence-corrected chi connectivity index (χ4v) is 3.40. The van der Waals surface area contributed by atoms with Gasteiger partial charge in [-0.15, -0.1) is 0 Å². The number of aromatic nitrogens is 1. The van der Waals surface area contributed by atoms with E-state index in [1.165, 1.54) is 30.8 Å². The largest absolute Gasteiger partial charge is 0.383 e. The Morgan fingerprint density at radius 1 is 1.33 bits per heavy atom. The second-order valence-electron chi connectivity index (χ2n) is 4.62. The molecule has 0 spiro atoms. The zero-order chi connectivity index (χ0) is 15.9. The van der Waals surface area contributed by atoms with Crippen molar-refractivity contribution in [1.29, 1.82) is 0 Å². The van der Waals surface area contributed by atoms with Crippen molar-refractivity contribution in [2.24, 2.45) is 5.73 Å².